The molecule has 0 saturated heterocycles. The van der Waals surface area contributed by atoms with Crippen molar-refractivity contribution >= 4 is 5.91 Å². The van der Waals surface area contributed by atoms with E-state index in [4.69, 9.17) is 5.73 Å². The maximum atomic E-state index is 12.3. The van der Waals surface area contributed by atoms with Crippen LogP contribution in [0.3, 0.4) is 0 Å². The number of rotatable bonds is 7. The van der Waals surface area contributed by atoms with Crippen LogP contribution in [0.25, 0.3) is 0 Å². The molecule has 1 rings (SSSR count). The molecule has 0 unspecified atom stereocenters. The summed E-state index contributed by atoms with van der Waals surface area (Å²) in [5.41, 5.74) is 6.18. The number of carbonyl (C=O) groups is 1. The molecule has 0 aromatic heterocycles. The molecule has 0 aliphatic rings. The normalized spacial score (nSPS) is 10.7. The highest BCUT2D eigenvalue weighted by molar-refractivity contribution is 5.79. The first-order valence-electron chi connectivity index (χ1n) is 6.79. The highest BCUT2D eigenvalue weighted by atomic mass is 16.3. The van der Waals surface area contributed by atoms with Gasteiger partial charge in [0.1, 0.15) is 5.75 Å². The lowest BCUT2D eigenvalue weighted by molar-refractivity contribution is -0.131. The molecule has 0 heterocycles. The number of hydrogen-bond donors (Lipinski definition) is 2. The Kier molecular flexibility index (Phi) is 6.36. The zero-order valence-electron chi connectivity index (χ0n) is 11.8. The lowest BCUT2D eigenvalue weighted by Gasteiger charge is -2.24. The van der Waals surface area contributed by atoms with Crippen molar-refractivity contribution in [2.75, 3.05) is 19.6 Å². The van der Waals surface area contributed by atoms with Crippen LogP contribution in [0, 0.1) is 5.92 Å². The molecule has 106 valence electrons. The molecule has 1 amide bonds. The minimum Gasteiger partial charge on any atom is -0.508 e. The summed E-state index contributed by atoms with van der Waals surface area (Å²) in [4.78, 5) is 14.1. The number of nitrogens with two attached hydrogens (primary N) is 1. The molecule has 4 heteroatoms. The van der Waals surface area contributed by atoms with Gasteiger partial charge in [0.15, 0.2) is 0 Å². The van der Waals surface area contributed by atoms with Gasteiger partial charge in [0.2, 0.25) is 5.91 Å². The number of benzene rings is 1. The van der Waals surface area contributed by atoms with E-state index in [1.54, 1.807) is 18.2 Å². The molecule has 1 aromatic rings. The molecule has 0 bridgehead atoms. The summed E-state index contributed by atoms with van der Waals surface area (Å²) >= 11 is 0. The molecule has 0 spiro atoms. The van der Waals surface area contributed by atoms with Crippen molar-refractivity contribution in [3.8, 4) is 5.75 Å². The second-order valence-corrected chi connectivity index (χ2v) is 5.18. The van der Waals surface area contributed by atoms with E-state index in [9.17, 15) is 9.90 Å². The minimum absolute atomic E-state index is 0.0450. The lowest BCUT2D eigenvalue weighted by atomic mass is 10.1. The van der Waals surface area contributed by atoms with E-state index in [0.717, 1.165) is 13.0 Å². The van der Waals surface area contributed by atoms with Crippen LogP contribution in [0.2, 0.25) is 0 Å². The fourth-order valence-corrected chi connectivity index (χ4v) is 1.98. The molecule has 0 fully saturated rings. The quantitative estimate of drug-likeness (QED) is 0.788. The van der Waals surface area contributed by atoms with E-state index >= 15 is 0 Å². The molecule has 1 aromatic carbocycles. The zero-order valence-corrected chi connectivity index (χ0v) is 11.8. The third kappa shape index (κ3) is 5.30. The second kappa shape index (κ2) is 7.79. The van der Waals surface area contributed by atoms with Crippen LogP contribution >= 0.6 is 0 Å². The van der Waals surface area contributed by atoms with Gasteiger partial charge in [-0.05, 0) is 24.9 Å². The number of carbonyl (C=O) groups excluding carboxylic acids is 1. The summed E-state index contributed by atoms with van der Waals surface area (Å²) in [7, 11) is 0. The highest BCUT2D eigenvalue weighted by Gasteiger charge is 2.16. The number of aromatic hydroxyl groups is 1. The van der Waals surface area contributed by atoms with Crippen molar-refractivity contribution in [1.82, 2.24) is 4.90 Å². The lowest BCUT2D eigenvalue weighted by Crippen LogP contribution is -2.36. The first-order chi connectivity index (χ1) is 9.04. The van der Waals surface area contributed by atoms with Crippen molar-refractivity contribution < 1.29 is 9.90 Å². The maximum Gasteiger partial charge on any atom is 0.227 e. The number of para-hydroxylation sites is 1. The van der Waals surface area contributed by atoms with Crippen LogP contribution in [-0.2, 0) is 11.2 Å². The van der Waals surface area contributed by atoms with Crippen LogP contribution in [0.4, 0.5) is 0 Å². The average Bonchev–Trinajstić information content (AvgIpc) is 2.36. The molecular weight excluding hydrogens is 240 g/mol. The predicted octanol–water partition coefficient (Wildman–Crippen LogP) is 1.77. The summed E-state index contributed by atoms with van der Waals surface area (Å²) < 4.78 is 0. The van der Waals surface area contributed by atoms with E-state index in [-0.39, 0.29) is 18.1 Å². The Labute approximate surface area is 115 Å². The number of amides is 1. The van der Waals surface area contributed by atoms with Gasteiger partial charge in [-0.15, -0.1) is 0 Å². The van der Waals surface area contributed by atoms with Crippen LogP contribution in [0.1, 0.15) is 25.8 Å². The first-order valence-corrected chi connectivity index (χ1v) is 6.79. The van der Waals surface area contributed by atoms with E-state index in [1.165, 1.54) is 0 Å². The topological polar surface area (TPSA) is 66.6 Å². The Morgan fingerprint density at radius 2 is 2.05 bits per heavy atom. The van der Waals surface area contributed by atoms with Crippen LogP contribution < -0.4 is 5.73 Å². The highest BCUT2D eigenvalue weighted by Crippen LogP contribution is 2.17. The monoisotopic (exact) mass is 264 g/mol. The molecule has 0 radical (unpaired) electrons. The number of hydrogen-bond acceptors (Lipinski definition) is 3. The number of phenolic OH excluding ortho intramolecular Hbond substituents is 1. The maximum absolute atomic E-state index is 12.3. The van der Waals surface area contributed by atoms with E-state index < -0.39 is 0 Å². The van der Waals surface area contributed by atoms with E-state index in [2.05, 4.69) is 13.8 Å². The van der Waals surface area contributed by atoms with Crippen molar-refractivity contribution in [3.05, 3.63) is 29.8 Å². The Balaban J connectivity index is 2.68. The van der Waals surface area contributed by atoms with Gasteiger partial charge in [-0.3, -0.25) is 4.79 Å². The fraction of sp³-hybridized carbons (Fsp3) is 0.533. The summed E-state index contributed by atoms with van der Waals surface area (Å²) in [5, 5.41) is 9.71. The number of phenols is 1. The Hall–Kier alpha value is -1.55. The molecule has 4 nitrogen and oxygen atoms in total. The Morgan fingerprint density at radius 1 is 1.37 bits per heavy atom. The summed E-state index contributed by atoms with van der Waals surface area (Å²) in [6, 6.07) is 6.97. The summed E-state index contributed by atoms with van der Waals surface area (Å²) in [5.74, 6) is 0.647. The Bertz CT molecular complexity index is 405. The van der Waals surface area contributed by atoms with Gasteiger partial charge < -0.3 is 15.7 Å². The molecule has 0 aliphatic heterocycles. The molecule has 19 heavy (non-hydrogen) atoms. The third-order valence-corrected chi connectivity index (χ3v) is 2.90. The van der Waals surface area contributed by atoms with E-state index in [1.807, 2.05) is 11.0 Å². The van der Waals surface area contributed by atoms with Gasteiger partial charge in [-0.25, -0.2) is 0 Å². The molecule has 0 saturated carbocycles. The van der Waals surface area contributed by atoms with Gasteiger partial charge >= 0.3 is 0 Å². The molecule has 3 N–H and O–H groups in total. The zero-order chi connectivity index (χ0) is 14.3. The van der Waals surface area contributed by atoms with Crippen molar-refractivity contribution in [1.29, 1.82) is 0 Å². The second-order valence-electron chi connectivity index (χ2n) is 5.18. The molecule has 0 atom stereocenters. The fourth-order valence-electron chi connectivity index (χ4n) is 1.98. The number of nitrogens with zero attached hydrogens (tertiary/aromatic N) is 1. The predicted molar refractivity (Wildman–Crippen MR) is 76.9 cm³/mol. The van der Waals surface area contributed by atoms with Gasteiger partial charge in [0.05, 0.1) is 6.42 Å². The first kappa shape index (κ1) is 15.5. The Morgan fingerprint density at radius 3 is 2.63 bits per heavy atom. The van der Waals surface area contributed by atoms with Crippen LogP contribution in [0.15, 0.2) is 24.3 Å². The van der Waals surface area contributed by atoms with Crippen LogP contribution in [0.5, 0.6) is 5.75 Å². The van der Waals surface area contributed by atoms with Crippen molar-refractivity contribution in [2.45, 2.75) is 26.7 Å². The minimum atomic E-state index is 0.0450. The third-order valence-electron chi connectivity index (χ3n) is 2.90. The van der Waals surface area contributed by atoms with Crippen molar-refractivity contribution in [2.24, 2.45) is 11.7 Å². The van der Waals surface area contributed by atoms with Gasteiger partial charge in [0, 0.05) is 18.7 Å². The largest absolute Gasteiger partial charge is 0.508 e. The SMILES string of the molecule is CC(C)CN(CCCN)C(=O)Cc1ccccc1O. The molecular formula is C15H24N2O2. The van der Waals surface area contributed by atoms with E-state index in [0.29, 0.717) is 24.6 Å². The smallest absolute Gasteiger partial charge is 0.227 e. The van der Waals surface area contributed by atoms with Crippen LogP contribution in [-0.4, -0.2) is 35.5 Å². The standard InChI is InChI=1S/C15H24N2O2/c1-12(2)11-17(9-5-8-16)15(19)10-13-6-3-4-7-14(13)18/h3-4,6-7,12,18H,5,8-11,16H2,1-2H3. The van der Waals surface area contributed by atoms with Gasteiger partial charge in [0.25, 0.3) is 0 Å². The summed E-state index contributed by atoms with van der Waals surface area (Å²) in [6.07, 6.45) is 1.04. The van der Waals surface area contributed by atoms with Gasteiger partial charge in [-0.1, -0.05) is 32.0 Å². The molecule has 0 aliphatic carbocycles. The van der Waals surface area contributed by atoms with Gasteiger partial charge in [-0.2, -0.15) is 0 Å². The summed E-state index contributed by atoms with van der Waals surface area (Å²) in [6.45, 7) is 6.16. The average molecular weight is 264 g/mol. The van der Waals surface area contributed by atoms with Crippen molar-refractivity contribution in [3.63, 3.8) is 0 Å².